The molecule has 0 radical (unpaired) electrons. The third-order valence-electron chi connectivity index (χ3n) is 1.60. The monoisotopic (exact) mass is 181 g/mol. The number of benzene rings is 1. The Hall–Kier alpha value is -1.55. The van der Waals surface area contributed by atoms with E-state index in [1.54, 1.807) is 12.1 Å². The molecule has 0 aromatic heterocycles. The molecule has 0 atom stereocenters. The van der Waals surface area contributed by atoms with Crippen LogP contribution in [0.25, 0.3) is 0 Å². The lowest BCUT2D eigenvalue weighted by molar-refractivity contribution is -0.107. The van der Waals surface area contributed by atoms with E-state index >= 15 is 0 Å². The minimum atomic E-state index is 0.168. The standard InChI is InChI=1S/C9H11NO3/c1-13-10(6-7-11)8-2-4-9(12)5-3-8/h2-5,7,12H,6H2,1H3. The largest absolute Gasteiger partial charge is 0.508 e. The van der Waals surface area contributed by atoms with Crippen molar-refractivity contribution < 1.29 is 14.7 Å². The van der Waals surface area contributed by atoms with Crippen LogP contribution in [0.3, 0.4) is 0 Å². The van der Waals surface area contributed by atoms with E-state index in [0.717, 1.165) is 12.0 Å². The van der Waals surface area contributed by atoms with Gasteiger partial charge in [0.25, 0.3) is 0 Å². The minimum Gasteiger partial charge on any atom is -0.508 e. The van der Waals surface area contributed by atoms with Crippen molar-refractivity contribution in [2.75, 3.05) is 18.7 Å². The van der Waals surface area contributed by atoms with E-state index in [-0.39, 0.29) is 12.3 Å². The van der Waals surface area contributed by atoms with E-state index in [2.05, 4.69) is 0 Å². The molecule has 13 heavy (non-hydrogen) atoms. The van der Waals surface area contributed by atoms with Crippen molar-refractivity contribution in [1.82, 2.24) is 0 Å². The number of carbonyl (C=O) groups is 1. The highest BCUT2D eigenvalue weighted by molar-refractivity contribution is 5.60. The van der Waals surface area contributed by atoms with Crippen LogP contribution in [0, 0.1) is 0 Å². The number of rotatable bonds is 4. The molecule has 1 aromatic rings. The van der Waals surface area contributed by atoms with Gasteiger partial charge in [0.05, 0.1) is 12.8 Å². The summed E-state index contributed by atoms with van der Waals surface area (Å²) in [6, 6.07) is 6.41. The number of carbonyl (C=O) groups excluding carboxylic acids is 1. The number of aldehydes is 1. The average molecular weight is 181 g/mol. The van der Waals surface area contributed by atoms with Crippen molar-refractivity contribution in [2.24, 2.45) is 0 Å². The molecule has 0 saturated heterocycles. The van der Waals surface area contributed by atoms with Crippen LogP contribution in [0.15, 0.2) is 24.3 Å². The van der Waals surface area contributed by atoms with Crippen molar-refractivity contribution in [1.29, 1.82) is 0 Å². The Kier molecular flexibility index (Phi) is 3.28. The van der Waals surface area contributed by atoms with Gasteiger partial charge in [0.2, 0.25) is 0 Å². The summed E-state index contributed by atoms with van der Waals surface area (Å²) in [5.74, 6) is 0.186. The lowest BCUT2D eigenvalue weighted by Gasteiger charge is -2.18. The van der Waals surface area contributed by atoms with Gasteiger partial charge in [-0.25, -0.2) is 5.06 Å². The molecule has 1 N–H and O–H groups in total. The van der Waals surface area contributed by atoms with Crippen LogP contribution in [0.2, 0.25) is 0 Å². The highest BCUT2D eigenvalue weighted by Crippen LogP contribution is 2.17. The molecule has 4 nitrogen and oxygen atoms in total. The Bertz CT molecular complexity index is 271. The molecule has 0 fully saturated rings. The average Bonchev–Trinajstić information content (AvgIpc) is 2.16. The van der Waals surface area contributed by atoms with Gasteiger partial charge in [0.15, 0.2) is 0 Å². The highest BCUT2D eigenvalue weighted by Gasteiger charge is 2.03. The van der Waals surface area contributed by atoms with E-state index in [1.165, 1.54) is 24.3 Å². The molecule has 0 aliphatic rings. The maximum Gasteiger partial charge on any atom is 0.141 e. The SMILES string of the molecule is CON(CC=O)c1ccc(O)cc1. The Morgan fingerprint density at radius 3 is 2.54 bits per heavy atom. The molecule has 4 heteroatoms. The molecule has 70 valence electrons. The first-order valence-electron chi connectivity index (χ1n) is 3.82. The summed E-state index contributed by atoms with van der Waals surface area (Å²) in [4.78, 5) is 15.2. The zero-order chi connectivity index (χ0) is 9.68. The quantitative estimate of drug-likeness (QED) is 0.555. The Morgan fingerprint density at radius 1 is 1.46 bits per heavy atom. The number of aromatic hydroxyl groups is 1. The van der Waals surface area contributed by atoms with Gasteiger partial charge in [-0.15, -0.1) is 0 Å². The predicted octanol–water partition coefficient (Wildman–Crippen LogP) is 0.959. The van der Waals surface area contributed by atoms with Gasteiger partial charge in [0.1, 0.15) is 18.6 Å². The fourth-order valence-corrected chi connectivity index (χ4v) is 0.972. The molecule has 0 spiro atoms. The van der Waals surface area contributed by atoms with Gasteiger partial charge in [-0.2, -0.15) is 0 Å². The first-order chi connectivity index (χ1) is 6.27. The second-order valence-electron chi connectivity index (χ2n) is 2.43. The molecular formula is C9H11NO3. The van der Waals surface area contributed by atoms with Gasteiger partial charge >= 0.3 is 0 Å². The van der Waals surface area contributed by atoms with Crippen LogP contribution >= 0.6 is 0 Å². The summed E-state index contributed by atoms with van der Waals surface area (Å²) in [5.41, 5.74) is 0.729. The van der Waals surface area contributed by atoms with Crippen LogP contribution in [-0.4, -0.2) is 25.0 Å². The molecule has 0 aliphatic heterocycles. The first kappa shape index (κ1) is 9.54. The highest BCUT2D eigenvalue weighted by atomic mass is 16.7. The topological polar surface area (TPSA) is 49.8 Å². The summed E-state index contributed by atoms with van der Waals surface area (Å²) in [7, 11) is 1.48. The summed E-state index contributed by atoms with van der Waals surface area (Å²) in [6.07, 6.45) is 0.746. The molecule has 1 aromatic carbocycles. The van der Waals surface area contributed by atoms with E-state index in [1.807, 2.05) is 0 Å². The maximum absolute atomic E-state index is 10.2. The maximum atomic E-state index is 10.2. The predicted molar refractivity (Wildman–Crippen MR) is 48.5 cm³/mol. The summed E-state index contributed by atoms with van der Waals surface area (Å²) < 4.78 is 0. The molecule has 0 aliphatic carbocycles. The Morgan fingerprint density at radius 2 is 2.08 bits per heavy atom. The van der Waals surface area contributed by atoms with Crippen LogP contribution in [-0.2, 0) is 9.63 Å². The van der Waals surface area contributed by atoms with Crippen LogP contribution in [0.1, 0.15) is 0 Å². The van der Waals surface area contributed by atoms with Crippen molar-refractivity contribution >= 4 is 12.0 Å². The number of hydrogen-bond donors (Lipinski definition) is 1. The smallest absolute Gasteiger partial charge is 0.141 e. The summed E-state index contributed by atoms with van der Waals surface area (Å²) in [5, 5.41) is 10.4. The second kappa shape index (κ2) is 4.47. The van der Waals surface area contributed by atoms with E-state index in [9.17, 15) is 4.79 Å². The van der Waals surface area contributed by atoms with Gasteiger partial charge in [0, 0.05) is 0 Å². The number of phenols is 1. The zero-order valence-corrected chi connectivity index (χ0v) is 7.30. The molecule has 1 rings (SSSR count). The van der Waals surface area contributed by atoms with Crippen LogP contribution in [0.4, 0.5) is 5.69 Å². The van der Waals surface area contributed by atoms with Crippen molar-refractivity contribution in [3.63, 3.8) is 0 Å². The van der Waals surface area contributed by atoms with Crippen LogP contribution < -0.4 is 5.06 Å². The second-order valence-corrected chi connectivity index (χ2v) is 2.43. The fourth-order valence-electron chi connectivity index (χ4n) is 0.972. The fraction of sp³-hybridized carbons (Fsp3) is 0.222. The van der Waals surface area contributed by atoms with Crippen molar-refractivity contribution in [3.05, 3.63) is 24.3 Å². The summed E-state index contributed by atoms with van der Waals surface area (Å²) >= 11 is 0. The van der Waals surface area contributed by atoms with Gasteiger partial charge < -0.3 is 9.90 Å². The molecule has 0 heterocycles. The number of hydroxylamine groups is 1. The van der Waals surface area contributed by atoms with E-state index in [0.29, 0.717) is 0 Å². The molecule has 0 unspecified atom stereocenters. The normalized spacial score (nSPS) is 9.62. The lowest BCUT2D eigenvalue weighted by atomic mass is 10.3. The van der Waals surface area contributed by atoms with Gasteiger partial charge in [-0.3, -0.25) is 4.84 Å². The van der Waals surface area contributed by atoms with E-state index in [4.69, 9.17) is 9.94 Å². The van der Waals surface area contributed by atoms with Gasteiger partial charge in [-0.05, 0) is 24.3 Å². The number of hydrogen-bond acceptors (Lipinski definition) is 4. The Labute approximate surface area is 76.3 Å². The van der Waals surface area contributed by atoms with Crippen molar-refractivity contribution in [3.8, 4) is 5.75 Å². The number of nitrogens with zero attached hydrogens (tertiary/aromatic N) is 1. The molecule has 0 bridgehead atoms. The zero-order valence-electron chi connectivity index (χ0n) is 7.30. The number of anilines is 1. The van der Waals surface area contributed by atoms with Crippen LogP contribution in [0.5, 0.6) is 5.75 Å². The van der Waals surface area contributed by atoms with Crippen molar-refractivity contribution in [2.45, 2.75) is 0 Å². The minimum absolute atomic E-state index is 0.168. The summed E-state index contributed by atoms with van der Waals surface area (Å²) in [6.45, 7) is 0.168. The molecular weight excluding hydrogens is 170 g/mol. The Balaban J connectivity index is 2.78. The molecule has 0 saturated carbocycles. The molecule has 0 amide bonds. The third-order valence-corrected chi connectivity index (χ3v) is 1.60. The van der Waals surface area contributed by atoms with Gasteiger partial charge in [-0.1, -0.05) is 0 Å². The van der Waals surface area contributed by atoms with E-state index < -0.39 is 0 Å². The lowest BCUT2D eigenvalue weighted by Crippen LogP contribution is -2.23. The third kappa shape index (κ3) is 2.45. The number of phenolic OH excluding ortho intramolecular Hbond substituents is 1. The first-order valence-corrected chi connectivity index (χ1v) is 3.82.